The molecule has 1 aliphatic heterocycles. The lowest BCUT2D eigenvalue weighted by Crippen LogP contribution is -2.40. The van der Waals surface area contributed by atoms with Crippen molar-refractivity contribution in [2.24, 2.45) is 5.73 Å². The van der Waals surface area contributed by atoms with E-state index in [0.29, 0.717) is 16.5 Å². The molecule has 1 heterocycles. The molecule has 2 rings (SSSR count). The molecule has 0 aliphatic carbocycles. The van der Waals surface area contributed by atoms with Gasteiger partial charge in [0.1, 0.15) is 5.75 Å². The van der Waals surface area contributed by atoms with Crippen LogP contribution in [0.3, 0.4) is 0 Å². The number of nitrogens with one attached hydrogen (secondary N) is 1. The van der Waals surface area contributed by atoms with E-state index in [0.717, 1.165) is 0 Å². The third-order valence-corrected chi connectivity index (χ3v) is 2.63. The molecule has 88 valence electrons. The van der Waals surface area contributed by atoms with Crippen LogP contribution >= 0.6 is 11.6 Å². The summed E-state index contributed by atoms with van der Waals surface area (Å²) in [4.78, 5) is 11.7. The van der Waals surface area contributed by atoms with Crippen LogP contribution in [0.15, 0.2) is 18.2 Å². The zero-order valence-electron chi connectivity index (χ0n) is 8.81. The third kappa shape index (κ3) is 2.49. The van der Waals surface area contributed by atoms with Crippen LogP contribution in [0, 0.1) is 11.3 Å². The van der Waals surface area contributed by atoms with Gasteiger partial charge >= 0.3 is 0 Å². The van der Waals surface area contributed by atoms with Gasteiger partial charge in [-0.25, -0.2) is 0 Å². The summed E-state index contributed by atoms with van der Waals surface area (Å²) in [6.45, 7) is 0. The average molecular weight is 252 g/mol. The van der Waals surface area contributed by atoms with Gasteiger partial charge in [-0.15, -0.1) is 0 Å². The lowest BCUT2D eigenvalue weighted by atomic mass is 10.1. The van der Waals surface area contributed by atoms with E-state index in [9.17, 15) is 4.79 Å². The summed E-state index contributed by atoms with van der Waals surface area (Å²) in [5, 5.41) is 11.8. The van der Waals surface area contributed by atoms with E-state index in [4.69, 9.17) is 27.3 Å². The summed E-state index contributed by atoms with van der Waals surface area (Å²) in [5.41, 5.74) is 6.00. The van der Waals surface area contributed by atoms with Crippen LogP contribution in [0.4, 0.5) is 5.69 Å². The number of carbonyl (C=O) groups is 1. The van der Waals surface area contributed by atoms with E-state index >= 15 is 0 Å². The zero-order chi connectivity index (χ0) is 12.4. The van der Waals surface area contributed by atoms with Gasteiger partial charge in [-0.05, 0) is 18.2 Å². The second kappa shape index (κ2) is 4.62. The Morgan fingerprint density at radius 3 is 3.12 bits per heavy atom. The standard InChI is InChI=1S/C11H10ClN3O2/c12-6-1-2-9-8(3-6)15-11(16)10(17-9)4-7(14)5-13/h1-3,7,10H,4,14H2,(H,15,16)/t7-,10-/m0/s1. The monoisotopic (exact) mass is 251 g/mol. The first kappa shape index (κ1) is 11.7. The molecule has 0 radical (unpaired) electrons. The largest absolute Gasteiger partial charge is 0.478 e. The van der Waals surface area contributed by atoms with Crippen LogP contribution < -0.4 is 15.8 Å². The Bertz CT molecular complexity index is 498. The minimum atomic E-state index is -0.738. The Balaban J connectivity index is 2.19. The number of nitrogens with zero attached hydrogens (tertiary/aromatic N) is 1. The number of hydrogen-bond donors (Lipinski definition) is 2. The van der Waals surface area contributed by atoms with Gasteiger partial charge in [0.25, 0.3) is 5.91 Å². The lowest BCUT2D eigenvalue weighted by Gasteiger charge is -2.26. The van der Waals surface area contributed by atoms with Crippen molar-refractivity contribution in [3.8, 4) is 11.8 Å². The number of hydrogen-bond acceptors (Lipinski definition) is 4. The number of amides is 1. The highest BCUT2D eigenvalue weighted by Crippen LogP contribution is 2.32. The minimum Gasteiger partial charge on any atom is -0.478 e. The molecular formula is C11H10ClN3O2. The van der Waals surface area contributed by atoms with Gasteiger partial charge in [-0.3, -0.25) is 4.79 Å². The van der Waals surface area contributed by atoms with Crippen molar-refractivity contribution in [2.75, 3.05) is 5.32 Å². The van der Waals surface area contributed by atoms with Gasteiger partial charge < -0.3 is 15.8 Å². The van der Waals surface area contributed by atoms with Gasteiger partial charge in [0.2, 0.25) is 0 Å². The third-order valence-electron chi connectivity index (χ3n) is 2.39. The van der Waals surface area contributed by atoms with Gasteiger partial charge in [0.05, 0.1) is 17.8 Å². The van der Waals surface area contributed by atoms with Crippen LogP contribution in [0.5, 0.6) is 5.75 Å². The second-order valence-corrected chi connectivity index (χ2v) is 4.14. The topological polar surface area (TPSA) is 88.1 Å². The highest BCUT2D eigenvalue weighted by atomic mass is 35.5. The van der Waals surface area contributed by atoms with Crippen molar-refractivity contribution >= 4 is 23.2 Å². The van der Waals surface area contributed by atoms with Crippen molar-refractivity contribution in [1.29, 1.82) is 5.26 Å². The van der Waals surface area contributed by atoms with E-state index in [1.54, 1.807) is 18.2 Å². The summed E-state index contributed by atoms with van der Waals surface area (Å²) < 4.78 is 5.47. The molecule has 0 aromatic heterocycles. The van der Waals surface area contributed by atoms with Crippen molar-refractivity contribution in [1.82, 2.24) is 0 Å². The highest BCUT2D eigenvalue weighted by molar-refractivity contribution is 6.31. The molecule has 0 unspecified atom stereocenters. The molecule has 2 atom stereocenters. The van der Waals surface area contributed by atoms with Gasteiger partial charge in [-0.2, -0.15) is 5.26 Å². The number of anilines is 1. The van der Waals surface area contributed by atoms with E-state index in [2.05, 4.69) is 5.32 Å². The Kier molecular flexibility index (Phi) is 3.18. The molecule has 6 heteroatoms. The summed E-state index contributed by atoms with van der Waals surface area (Å²) in [6, 6.07) is 6.08. The van der Waals surface area contributed by atoms with Crippen molar-refractivity contribution < 1.29 is 9.53 Å². The number of nitriles is 1. The van der Waals surface area contributed by atoms with Crippen molar-refractivity contribution in [2.45, 2.75) is 18.6 Å². The number of fused-ring (bicyclic) bond motifs is 1. The van der Waals surface area contributed by atoms with Crippen molar-refractivity contribution in [3.05, 3.63) is 23.2 Å². The predicted molar refractivity (Wildman–Crippen MR) is 62.7 cm³/mol. The van der Waals surface area contributed by atoms with E-state index in [-0.39, 0.29) is 12.3 Å². The molecule has 0 saturated carbocycles. The fourth-order valence-corrected chi connectivity index (χ4v) is 1.73. The molecule has 17 heavy (non-hydrogen) atoms. The fraction of sp³-hybridized carbons (Fsp3) is 0.273. The average Bonchev–Trinajstić information content (AvgIpc) is 2.30. The number of rotatable bonds is 2. The molecule has 3 N–H and O–H groups in total. The fourth-order valence-electron chi connectivity index (χ4n) is 1.56. The SMILES string of the molecule is N#C[C@@H](N)C[C@@H]1Oc2ccc(Cl)cc2NC1=O. The van der Waals surface area contributed by atoms with E-state index < -0.39 is 12.1 Å². The maximum absolute atomic E-state index is 11.7. The number of carbonyl (C=O) groups excluding carboxylic acids is 1. The smallest absolute Gasteiger partial charge is 0.265 e. The van der Waals surface area contributed by atoms with Crippen LogP contribution in [0.2, 0.25) is 5.02 Å². The Morgan fingerprint density at radius 2 is 2.41 bits per heavy atom. The number of benzene rings is 1. The number of ether oxygens (including phenoxy) is 1. The van der Waals surface area contributed by atoms with Gasteiger partial charge in [0.15, 0.2) is 6.10 Å². The molecule has 1 aromatic carbocycles. The van der Waals surface area contributed by atoms with Gasteiger partial charge in [0, 0.05) is 11.4 Å². The predicted octanol–water partition coefficient (Wildman–Crippen LogP) is 1.28. The first-order valence-corrected chi connectivity index (χ1v) is 5.40. The van der Waals surface area contributed by atoms with Crippen molar-refractivity contribution in [3.63, 3.8) is 0 Å². The van der Waals surface area contributed by atoms with E-state index in [1.807, 2.05) is 6.07 Å². The zero-order valence-corrected chi connectivity index (χ0v) is 9.57. The Morgan fingerprint density at radius 1 is 1.65 bits per heavy atom. The Hall–Kier alpha value is -1.77. The molecule has 0 fully saturated rings. The molecular weight excluding hydrogens is 242 g/mol. The molecule has 0 spiro atoms. The van der Waals surface area contributed by atoms with Crippen LogP contribution in [0.25, 0.3) is 0 Å². The highest BCUT2D eigenvalue weighted by Gasteiger charge is 2.29. The Labute approximate surface area is 103 Å². The molecule has 1 aromatic rings. The van der Waals surface area contributed by atoms with Crippen LogP contribution in [-0.2, 0) is 4.79 Å². The molecule has 1 amide bonds. The number of nitrogens with two attached hydrogens (primary N) is 1. The normalized spacial score (nSPS) is 19.6. The molecule has 1 aliphatic rings. The minimum absolute atomic E-state index is 0.157. The first-order valence-electron chi connectivity index (χ1n) is 5.02. The summed E-state index contributed by atoms with van der Waals surface area (Å²) in [6.07, 6.45) is -0.581. The molecule has 5 nitrogen and oxygen atoms in total. The second-order valence-electron chi connectivity index (χ2n) is 3.71. The quantitative estimate of drug-likeness (QED) is 0.829. The lowest BCUT2D eigenvalue weighted by molar-refractivity contribution is -0.123. The maximum atomic E-state index is 11.7. The number of halogens is 1. The summed E-state index contributed by atoms with van der Waals surface area (Å²) in [7, 11) is 0. The summed E-state index contributed by atoms with van der Waals surface area (Å²) >= 11 is 5.80. The van der Waals surface area contributed by atoms with Gasteiger partial charge in [-0.1, -0.05) is 11.6 Å². The first-order chi connectivity index (χ1) is 8.10. The summed E-state index contributed by atoms with van der Waals surface area (Å²) in [5.74, 6) is 0.217. The maximum Gasteiger partial charge on any atom is 0.265 e. The van der Waals surface area contributed by atoms with Crippen LogP contribution in [0.1, 0.15) is 6.42 Å². The van der Waals surface area contributed by atoms with E-state index in [1.165, 1.54) is 0 Å². The van der Waals surface area contributed by atoms with Crippen LogP contribution in [-0.4, -0.2) is 18.1 Å². The molecule has 0 bridgehead atoms. The molecule has 0 saturated heterocycles.